The molecule has 14 heavy (non-hydrogen) atoms. The maximum absolute atomic E-state index is 12.3. The number of nitrogens with zero attached hydrogens (tertiary/aromatic N) is 2. The van der Waals surface area contributed by atoms with Gasteiger partial charge in [-0.1, -0.05) is 23.2 Å². The summed E-state index contributed by atoms with van der Waals surface area (Å²) in [6, 6.07) is 2.84. The van der Waals surface area contributed by atoms with Crippen molar-refractivity contribution in [1.29, 1.82) is 5.26 Å². The third-order valence-corrected chi connectivity index (χ3v) is 2.14. The molecule has 1 rings (SSSR count). The fourth-order valence-electron chi connectivity index (χ4n) is 0.868. The van der Waals surface area contributed by atoms with Crippen LogP contribution in [0.1, 0.15) is 17.7 Å². The molecule has 2 nitrogen and oxygen atoms in total. The van der Waals surface area contributed by atoms with Crippen molar-refractivity contribution in [1.82, 2.24) is 4.98 Å². The molecule has 0 saturated heterocycles. The summed E-state index contributed by atoms with van der Waals surface area (Å²) in [6.45, 7) is 0. The Labute approximate surface area is 89.1 Å². The van der Waals surface area contributed by atoms with E-state index in [0.717, 1.165) is 6.07 Å². The molecule has 0 fully saturated rings. The Hall–Kier alpha value is -0.920. The Bertz CT molecular complexity index is 388. The summed E-state index contributed by atoms with van der Waals surface area (Å²) in [5.41, 5.74) is -0.207. The van der Waals surface area contributed by atoms with Gasteiger partial charge in [0.25, 0.3) is 6.43 Å². The predicted molar refractivity (Wildman–Crippen MR) is 48.5 cm³/mol. The number of hydrogen-bond acceptors (Lipinski definition) is 2. The number of alkyl halides is 2. The zero-order chi connectivity index (χ0) is 10.7. The van der Waals surface area contributed by atoms with Crippen molar-refractivity contribution in [2.75, 3.05) is 0 Å². The van der Waals surface area contributed by atoms with Crippen LogP contribution in [0.5, 0.6) is 0 Å². The Balaban J connectivity index is 3.18. The molecule has 0 aliphatic heterocycles. The highest BCUT2D eigenvalue weighted by molar-refractivity contribution is 6.33. The van der Waals surface area contributed by atoms with Crippen molar-refractivity contribution >= 4 is 23.2 Å². The molecule has 0 N–H and O–H groups in total. The Morgan fingerprint density at radius 3 is 2.64 bits per heavy atom. The largest absolute Gasteiger partial charge is 0.266 e. The third kappa shape index (κ3) is 2.31. The summed E-state index contributed by atoms with van der Waals surface area (Å²) in [5, 5.41) is 8.10. The molecule has 0 saturated carbocycles. The summed E-state index contributed by atoms with van der Waals surface area (Å²) < 4.78 is 24.6. The lowest BCUT2D eigenvalue weighted by atomic mass is 10.2. The molecule has 1 heterocycles. The van der Waals surface area contributed by atoms with E-state index in [2.05, 4.69) is 4.98 Å². The average molecular weight is 237 g/mol. The lowest BCUT2D eigenvalue weighted by Crippen LogP contribution is -1.96. The molecular formula is C8H4Cl2F2N2. The fourth-order valence-corrected chi connectivity index (χ4v) is 1.33. The lowest BCUT2D eigenvalue weighted by molar-refractivity contribution is 0.151. The summed E-state index contributed by atoms with van der Waals surface area (Å²) in [5.74, 6) is 0. The van der Waals surface area contributed by atoms with Gasteiger partial charge in [0.2, 0.25) is 0 Å². The Morgan fingerprint density at radius 1 is 1.50 bits per heavy atom. The van der Waals surface area contributed by atoms with Crippen LogP contribution in [0.2, 0.25) is 10.2 Å². The van der Waals surface area contributed by atoms with E-state index in [0.29, 0.717) is 0 Å². The van der Waals surface area contributed by atoms with Crippen molar-refractivity contribution in [2.24, 2.45) is 0 Å². The quantitative estimate of drug-likeness (QED) is 0.739. The van der Waals surface area contributed by atoms with Crippen molar-refractivity contribution in [2.45, 2.75) is 12.8 Å². The molecule has 1 aromatic heterocycles. The van der Waals surface area contributed by atoms with Gasteiger partial charge in [-0.25, -0.2) is 13.8 Å². The van der Waals surface area contributed by atoms with Crippen molar-refractivity contribution in [3.63, 3.8) is 0 Å². The van der Waals surface area contributed by atoms with Crippen LogP contribution in [0.15, 0.2) is 6.07 Å². The van der Waals surface area contributed by atoms with Crippen molar-refractivity contribution in [3.05, 3.63) is 27.5 Å². The fraction of sp³-hybridized carbons (Fsp3) is 0.250. The minimum Gasteiger partial charge on any atom is -0.238 e. The second-order valence-corrected chi connectivity index (χ2v) is 3.20. The maximum Gasteiger partial charge on any atom is 0.266 e. The van der Waals surface area contributed by atoms with Crippen molar-refractivity contribution in [3.8, 4) is 6.07 Å². The molecule has 0 bridgehead atoms. The molecular weight excluding hydrogens is 233 g/mol. The number of aromatic nitrogens is 1. The van der Waals surface area contributed by atoms with Gasteiger partial charge >= 0.3 is 0 Å². The van der Waals surface area contributed by atoms with Gasteiger partial charge in [0.1, 0.15) is 5.15 Å². The summed E-state index contributed by atoms with van der Waals surface area (Å²) >= 11 is 11.1. The van der Waals surface area contributed by atoms with Crippen LogP contribution in [-0.4, -0.2) is 4.98 Å². The number of hydrogen-bond donors (Lipinski definition) is 0. The van der Waals surface area contributed by atoms with Crippen molar-refractivity contribution < 1.29 is 8.78 Å². The van der Waals surface area contributed by atoms with Gasteiger partial charge in [-0.2, -0.15) is 5.26 Å². The first kappa shape index (κ1) is 11.2. The van der Waals surface area contributed by atoms with Gasteiger partial charge in [-0.3, -0.25) is 0 Å². The van der Waals surface area contributed by atoms with Crippen LogP contribution in [0.4, 0.5) is 8.78 Å². The molecule has 0 radical (unpaired) electrons. The van der Waals surface area contributed by atoms with Gasteiger partial charge in [0.15, 0.2) is 0 Å². The molecule has 0 atom stereocenters. The molecule has 0 aliphatic carbocycles. The van der Waals surface area contributed by atoms with Gasteiger partial charge in [-0.15, -0.1) is 0 Å². The molecule has 1 aromatic rings. The number of nitriles is 1. The zero-order valence-corrected chi connectivity index (χ0v) is 8.28. The second kappa shape index (κ2) is 4.54. The lowest BCUT2D eigenvalue weighted by Gasteiger charge is -2.05. The van der Waals surface area contributed by atoms with E-state index in [9.17, 15) is 8.78 Å². The second-order valence-electron chi connectivity index (χ2n) is 2.43. The smallest absolute Gasteiger partial charge is 0.238 e. The summed E-state index contributed by atoms with van der Waals surface area (Å²) in [4.78, 5) is 3.61. The molecule has 6 heteroatoms. The highest BCUT2D eigenvalue weighted by Crippen LogP contribution is 2.29. The number of pyridine rings is 1. The highest BCUT2D eigenvalue weighted by Gasteiger charge is 2.16. The van der Waals surface area contributed by atoms with Gasteiger partial charge in [0.05, 0.1) is 28.8 Å². The van der Waals surface area contributed by atoms with Crippen LogP contribution in [0, 0.1) is 11.3 Å². The molecule has 74 valence electrons. The Kier molecular flexibility index (Phi) is 3.62. The van der Waals surface area contributed by atoms with E-state index in [1.54, 1.807) is 0 Å². The number of rotatable bonds is 2. The molecule has 0 spiro atoms. The monoisotopic (exact) mass is 236 g/mol. The summed E-state index contributed by atoms with van der Waals surface area (Å²) in [6.07, 6.45) is -2.77. The zero-order valence-electron chi connectivity index (χ0n) is 6.77. The molecule has 0 amide bonds. The van der Waals surface area contributed by atoms with Crippen LogP contribution >= 0.6 is 23.2 Å². The SMILES string of the molecule is N#CCc1nc(Cl)c(C(F)F)cc1Cl. The van der Waals surface area contributed by atoms with Crippen LogP contribution < -0.4 is 0 Å². The standard InChI is InChI=1S/C8H4Cl2F2N2/c9-5-3-4(8(11)12)7(10)14-6(5)1-2-13/h3,8H,1H2. The first-order chi connectivity index (χ1) is 6.56. The van der Waals surface area contributed by atoms with Crippen LogP contribution in [-0.2, 0) is 6.42 Å². The van der Waals surface area contributed by atoms with E-state index in [1.807, 2.05) is 6.07 Å². The summed E-state index contributed by atoms with van der Waals surface area (Å²) in [7, 11) is 0. The first-order valence-electron chi connectivity index (χ1n) is 3.56. The number of halogens is 4. The van der Waals surface area contributed by atoms with E-state index in [4.69, 9.17) is 28.5 Å². The molecule has 0 aliphatic rings. The highest BCUT2D eigenvalue weighted by atomic mass is 35.5. The third-order valence-electron chi connectivity index (χ3n) is 1.51. The normalized spacial score (nSPS) is 10.3. The maximum atomic E-state index is 12.3. The minimum absolute atomic E-state index is 0.0336. The van der Waals surface area contributed by atoms with Gasteiger partial charge in [0, 0.05) is 0 Å². The van der Waals surface area contributed by atoms with Crippen LogP contribution in [0.3, 0.4) is 0 Å². The van der Waals surface area contributed by atoms with E-state index in [-0.39, 0.29) is 22.3 Å². The minimum atomic E-state index is -2.72. The average Bonchev–Trinajstić information content (AvgIpc) is 2.10. The Morgan fingerprint density at radius 2 is 2.14 bits per heavy atom. The topological polar surface area (TPSA) is 36.7 Å². The van der Waals surface area contributed by atoms with Crippen LogP contribution in [0.25, 0.3) is 0 Å². The van der Waals surface area contributed by atoms with E-state index in [1.165, 1.54) is 0 Å². The van der Waals surface area contributed by atoms with E-state index >= 15 is 0 Å². The molecule has 0 unspecified atom stereocenters. The molecule has 0 aromatic carbocycles. The van der Waals surface area contributed by atoms with E-state index < -0.39 is 12.0 Å². The van der Waals surface area contributed by atoms with Gasteiger partial charge in [-0.05, 0) is 6.07 Å². The van der Waals surface area contributed by atoms with Gasteiger partial charge < -0.3 is 0 Å². The first-order valence-corrected chi connectivity index (χ1v) is 4.31. The predicted octanol–water partition coefficient (Wildman–Crippen LogP) is 3.39.